The summed E-state index contributed by atoms with van der Waals surface area (Å²) >= 11 is 0. The molecule has 0 aliphatic carbocycles. The van der Waals surface area contributed by atoms with Gasteiger partial charge in [-0.3, -0.25) is 4.79 Å². The van der Waals surface area contributed by atoms with Gasteiger partial charge < -0.3 is 15.0 Å². The summed E-state index contributed by atoms with van der Waals surface area (Å²) in [5.41, 5.74) is 2.62. The van der Waals surface area contributed by atoms with Gasteiger partial charge in [-0.05, 0) is 55.7 Å². The summed E-state index contributed by atoms with van der Waals surface area (Å²) in [6.45, 7) is 3.41. The van der Waals surface area contributed by atoms with Crippen LogP contribution in [-0.2, 0) is 4.79 Å². The van der Waals surface area contributed by atoms with Crippen molar-refractivity contribution in [2.45, 2.75) is 19.8 Å². The lowest BCUT2D eigenvalue weighted by atomic mass is 9.97. The molecule has 1 amide bonds. The second kappa shape index (κ2) is 8.90. The zero-order valence-corrected chi connectivity index (χ0v) is 17.2. The molecule has 0 radical (unpaired) electrons. The van der Waals surface area contributed by atoms with Crippen LogP contribution in [0.15, 0.2) is 54.7 Å². The van der Waals surface area contributed by atoms with E-state index in [4.69, 9.17) is 4.74 Å². The van der Waals surface area contributed by atoms with Crippen molar-refractivity contribution in [2.75, 3.05) is 30.4 Å². The van der Waals surface area contributed by atoms with Gasteiger partial charge in [0, 0.05) is 24.8 Å². The Kier molecular flexibility index (Phi) is 5.88. The molecule has 0 bridgehead atoms. The standard InChI is InChI=1S/C23H25N5O2/c1-16-7-5-13-24-22(16)25-23(29)17-8-6-14-28(15-17)21-12-11-19(26-27-21)18-9-3-4-10-20(18)30-2/h3-5,7,9-13,17H,6,8,14-15H2,1-2H3,(H,24,25,29)/t17-/m1/s1. The number of aryl methyl sites for hydroxylation is 1. The molecule has 1 aliphatic rings. The van der Waals surface area contributed by atoms with Gasteiger partial charge in [0.2, 0.25) is 5.91 Å². The minimum atomic E-state index is -0.115. The second-order valence-electron chi connectivity index (χ2n) is 7.42. The number of rotatable bonds is 5. The van der Waals surface area contributed by atoms with E-state index in [0.29, 0.717) is 12.4 Å². The molecule has 1 aliphatic heterocycles. The first-order chi connectivity index (χ1) is 14.7. The Hall–Kier alpha value is -3.48. The molecule has 1 saturated heterocycles. The number of hydrogen-bond acceptors (Lipinski definition) is 6. The highest BCUT2D eigenvalue weighted by Gasteiger charge is 2.27. The lowest BCUT2D eigenvalue weighted by molar-refractivity contribution is -0.120. The lowest BCUT2D eigenvalue weighted by Crippen LogP contribution is -2.41. The van der Waals surface area contributed by atoms with Crippen molar-refractivity contribution in [3.63, 3.8) is 0 Å². The van der Waals surface area contributed by atoms with Crippen LogP contribution in [0.3, 0.4) is 0 Å². The molecule has 30 heavy (non-hydrogen) atoms. The van der Waals surface area contributed by atoms with Crippen molar-refractivity contribution < 1.29 is 9.53 Å². The summed E-state index contributed by atoms with van der Waals surface area (Å²) in [6.07, 6.45) is 3.46. The summed E-state index contributed by atoms with van der Waals surface area (Å²) in [5, 5.41) is 11.8. The molecular formula is C23H25N5O2. The zero-order chi connectivity index (χ0) is 20.9. The molecule has 0 saturated carbocycles. The number of para-hydroxylation sites is 1. The molecule has 1 fully saturated rings. The highest BCUT2D eigenvalue weighted by Crippen LogP contribution is 2.29. The van der Waals surface area contributed by atoms with Crippen LogP contribution in [0.5, 0.6) is 5.75 Å². The van der Waals surface area contributed by atoms with Gasteiger partial charge in [0.25, 0.3) is 0 Å². The molecule has 0 spiro atoms. The third-order valence-electron chi connectivity index (χ3n) is 5.40. The summed E-state index contributed by atoms with van der Waals surface area (Å²) in [6, 6.07) is 15.4. The highest BCUT2D eigenvalue weighted by molar-refractivity contribution is 5.92. The van der Waals surface area contributed by atoms with E-state index < -0.39 is 0 Å². The van der Waals surface area contributed by atoms with Gasteiger partial charge in [-0.1, -0.05) is 18.2 Å². The maximum absolute atomic E-state index is 12.8. The Morgan fingerprint density at radius 1 is 1.13 bits per heavy atom. The quantitative estimate of drug-likeness (QED) is 0.700. The number of nitrogens with one attached hydrogen (secondary N) is 1. The van der Waals surface area contributed by atoms with E-state index in [1.54, 1.807) is 13.3 Å². The van der Waals surface area contributed by atoms with Crippen LogP contribution in [-0.4, -0.2) is 41.3 Å². The molecule has 3 heterocycles. The van der Waals surface area contributed by atoms with Crippen molar-refractivity contribution in [1.82, 2.24) is 15.2 Å². The van der Waals surface area contributed by atoms with Crippen LogP contribution in [0.4, 0.5) is 11.6 Å². The van der Waals surface area contributed by atoms with Gasteiger partial charge in [-0.2, -0.15) is 0 Å². The number of hydrogen-bond donors (Lipinski definition) is 1. The van der Waals surface area contributed by atoms with E-state index in [1.165, 1.54) is 0 Å². The van der Waals surface area contributed by atoms with Crippen molar-refractivity contribution in [3.05, 3.63) is 60.3 Å². The maximum Gasteiger partial charge on any atom is 0.230 e. The topological polar surface area (TPSA) is 80.2 Å². The molecular weight excluding hydrogens is 378 g/mol. The third kappa shape index (κ3) is 4.25. The highest BCUT2D eigenvalue weighted by atomic mass is 16.5. The normalized spacial score (nSPS) is 16.2. The predicted octanol–water partition coefficient (Wildman–Crippen LogP) is 3.71. The SMILES string of the molecule is COc1ccccc1-c1ccc(N2CCC[C@@H](C(=O)Nc3ncccc3C)C2)nn1. The molecule has 1 N–H and O–H groups in total. The van der Waals surface area contributed by atoms with Gasteiger partial charge in [-0.25, -0.2) is 4.98 Å². The monoisotopic (exact) mass is 403 g/mol. The number of anilines is 2. The van der Waals surface area contributed by atoms with E-state index in [2.05, 4.69) is 25.4 Å². The zero-order valence-electron chi connectivity index (χ0n) is 17.2. The number of pyridine rings is 1. The second-order valence-corrected chi connectivity index (χ2v) is 7.42. The van der Waals surface area contributed by atoms with E-state index in [0.717, 1.165) is 47.8 Å². The number of piperidine rings is 1. The Labute approximate surface area is 176 Å². The molecule has 3 aromatic rings. The molecule has 7 nitrogen and oxygen atoms in total. The average molecular weight is 403 g/mol. The predicted molar refractivity (Wildman–Crippen MR) is 117 cm³/mol. The number of aromatic nitrogens is 3. The smallest absolute Gasteiger partial charge is 0.230 e. The van der Waals surface area contributed by atoms with Gasteiger partial charge in [-0.15, -0.1) is 10.2 Å². The lowest BCUT2D eigenvalue weighted by Gasteiger charge is -2.32. The first kappa shape index (κ1) is 19.8. The Bertz CT molecular complexity index is 1020. The summed E-state index contributed by atoms with van der Waals surface area (Å²) < 4.78 is 5.42. The van der Waals surface area contributed by atoms with Gasteiger partial charge in [0.05, 0.1) is 18.7 Å². The number of amides is 1. The van der Waals surface area contributed by atoms with Crippen molar-refractivity contribution >= 4 is 17.5 Å². The largest absolute Gasteiger partial charge is 0.496 e. The number of methoxy groups -OCH3 is 1. The average Bonchev–Trinajstić information content (AvgIpc) is 2.80. The summed E-state index contributed by atoms with van der Waals surface area (Å²) in [5.74, 6) is 2.05. The molecule has 154 valence electrons. The Morgan fingerprint density at radius 2 is 2.00 bits per heavy atom. The molecule has 1 aromatic carbocycles. The Morgan fingerprint density at radius 3 is 2.77 bits per heavy atom. The van der Waals surface area contributed by atoms with E-state index in [-0.39, 0.29) is 11.8 Å². The molecule has 2 aromatic heterocycles. The first-order valence-electron chi connectivity index (χ1n) is 10.1. The number of carbonyl (C=O) groups excluding carboxylic acids is 1. The molecule has 7 heteroatoms. The molecule has 4 rings (SSSR count). The Balaban J connectivity index is 1.45. The van der Waals surface area contributed by atoms with Crippen LogP contribution in [0.1, 0.15) is 18.4 Å². The van der Waals surface area contributed by atoms with Crippen molar-refractivity contribution in [1.29, 1.82) is 0 Å². The maximum atomic E-state index is 12.8. The van der Waals surface area contributed by atoms with Crippen LogP contribution >= 0.6 is 0 Å². The number of nitrogens with zero attached hydrogens (tertiary/aromatic N) is 4. The minimum Gasteiger partial charge on any atom is -0.496 e. The first-order valence-corrected chi connectivity index (χ1v) is 10.1. The van der Waals surface area contributed by atoms with Crippen LogP contribution < -0.4 is 15.0 Å². The minimum absolute atomic E-state index is 0.0000938. The fourth-order valence-electron chi connectivity index (χ4n) is 3.73. The van der Waals surface area contributed by atoms with E-state index in [1.807, 2.05) is 55.5 Å². The molecule has 0 unspecified atom stereocenters. The number of ether oxygens (including phenoxy) is 1. The number of carbonyl (C=O) groups is 1. The van der Waals surface area contributed by atoms with Crippen LogP contribution in [0.2, 0.25) is 0 Å². The van der Waals surface area contributed by atoms with Crippen molar-refractivity contribution in [3.8, 4) is 17.0 Å². The van der Waals surface area contributed by atoms with Gasteiger partial charge in [0.1, 0.15) is 11.6 Å². The van der Waals surface area contributed by atoms with Gasteiger partial charge in [0.15, 0.2) is 5.82 Å². The fraction of sp³-hybridized carbons (Fsp3) is 0.304. The fourth-order valence-corrected chi connectivity index (χ4v) is 3.73. The summed E-state index contributed by atoms with van der Waals surface area (Å²) in [7, 11) is 1.64. The van der Waals surface area contributed by atoms with Crippen LogP contribution in [0.25, 0.3) is 11.3 Å². The van der Waals surface area contributed by atoms with Gasteiger partial charge >= 0.3 is 0 Å². The van der Waals surface area contributed by atoms with E-state index >= 15 is 0 Å². The van der Waals surface area contributed by atoms with Crippen LogP contribution in [0, 0.1) is 12.8 Å². The van der Waals surface area contributed by atoms with Crippen molar-refractivity contribution in [2.24, 2.45) is 5.92 Å². The third-order valence-corrected chi connectivity index (χ3v) is 5.40. The number of benzene rings is 1. The summed E-state index contributed by atoms with van der Waals surface area (Å²) in [4.78, 5) is 19.2. The molecule has 1 atom stereocenters. The van der Waals surface area contributed by atoms with E-state index in [9.17, 15) is 4.79 Å².